The molecule has 154 valence electrons. The van der Waals surface area contributed by atoms with E-state index in [1.807, 2.05) is 25.1 Å². The molecule has 0 unspecified atom stereocenters. The Morgan fingerprint density at radius 2 is 2.00 bits per heavy atom. The van der Waals surface area contributed by atoms with Crippen molar-refractivity contribution >= 4 is 40.2 Å². The number of carbonyl (C=O) groups excluding carboxylic acids is 2. The van der Waals surface area contributed by atoms with Crippen LogP contribution in [0, 0.1) is 6.92 Å². The molecule has 0 bridgehead atoms. The van der Waals surface area contributed by atoms with Crippen LogP contribution in [0.25, 0.3) is 10.9 Å². The summed E-state index contributed by atoms with van der Waals surface area (Å²) in [6, 6.07) is 12.7. The first-order chi connectivity index (χ1) is 14.4. The summed E-state index contributed by atoms with van der Waals surface area (Å²) in [4.78, 5) is 41.7. The summed E-state index contributed by atoms with van der Waals surface area (Å²) in [6.07, 6.45) is 2.04. The fourth-order valence-corrected chi connectivity index (χ4v) is 3.83. The second kappa shape index (κ2) is 8.31. The Morgan fingerprint density at radius 1 is 1.20 bits per heavy atom. The van der Waals surface area contributed by atoms with Crippen molar-refractivity contribution in [3.63, 3.8) is 0 Å². The summed E-state index contributed by atoms with van der Waals surface area (Å²) in [5.41, 5.74) is 2.54. The van der Waals surface area contributed by atoms with Crippen molar-refractivity contribution in [1.29, 1.82) is 0 Å². The molecule has 1 fully saturated rings. The summed E-state index contributed by atoms with van der Waals surface area (Å²) in [7, 11) is 1.65. The van der Waals surface area contributed by atoms with Gasteiger partial charge in [-0.25, -0.2) is 4.98 Å². The van der Waals surface area contributed by atoms with E-state index in [4.69, 9.17) is 0 Å². The maximum Gasteiger partial charge on any atom is 0.261 e. The first-order valence-electron chi connectivity index (χ1n) is 9.71. The lowest BCUT2D eigenvalue weighted by molar-refractivity contribution is -0.113. The van der Waals surface area contributed by atoms with Crippen molar-refractivity contribution in [2.75, 3.05) is 11.1 Å². The van der Waals surface area contributed by atoms with Crippen molar-refractivity contribution in [2.24, 2.45) is 7.05 Å². The van der Waals surface area contributed by atoms with Crippen LogP contribution in [0.5, 0.6) is 0 Å². The molecule has 30 heavy (non-hydrogen) atoms. The van der Waals surface area contributed by atoms with Crippen LogP contribution < -0.4 is 16.2 Å². The minimum Gasteiger partial charge on any atom is -0.349 e. The van der Waals surface area contributed by atoms with E-state index >= 15 is 0 Å². The Balaban J connectivity index is 1.43. The van der Waals surface area contributed by atoms with Crippen LogP contribution in [0.1, 0.15) is 28.8 Å². The summed E-state index contributed by atoms with van der Waals surface area (Å²) in [5, 5.41) is 6.77. The topological polar surface area (TPSA) is 93.1 Å². The molecule has 1 heterocycles. The molecule has 2 amide bonds. The van der Waals surface area contributed by atoms with Gasteiger partial charge in [0.2, 0.25) is 5.91 Å². The normalized spacial score (nSPS) is 13.3. The summed E-state index contributed by atoms with van der Waals surface area (Å²) < 4.78 is 1.46. The van der Waals surface area contributed by atoms with Gasteiger partial charge in [-0.15, -0.1) is 0 Å². The fraction of sp³-hybridized carbons (Fsp3) is 0.273. The number of fused-ring (bicyclic) bond motifs is 1. The van der Waals surface area contributed by atoms with Crippen molar-refractivity contribution in [3.05, 3.63) is 63.9 Å². The maximum absolute atomic E-state index is 12.6. The molecular weight excluding hydrogens is 400 g/mol. The second-order valence-electron chi connectivity index (χ2n) is 7.44. The van der Waals surface area contributed by atoms with Gasteiger partial charge in [0.1, 0.15) is 0 Å². The van der Waals surface area contributed by atoms with Gasteiger partial charge in [0.15, 0.2) is 5.16 Å². The smallest absolute Gasteiger partial charge is 0.261 e. The molecule has 2 N–H and O–H groups in total. The van der Waals surface area contributed by atoms with Gasteiger partial charge in [0.05, 0.1) is 16.7 Å². The van der Waals surface area contributed by atoms with Crippen molar-refractivity contribution in [1.82, 2.24) is 14.9 Å². The molecule has 4 rings (SSSR count). The zero-order valence-electron chi connectivity index (χ0n) is 16.8. The minimum absolute atomic E-state index is 0.0934. The molecule has 7 nitrogen and oxygen atoms in total. The minimum atomic E-state index is -0.238. The second-order valence-corrected chi connectivity index (χ2v) is 8.39. The fourth-order valence-electron chi connectivity index (χ4n) is 3.06. The Kier molecular flexibility index (Phi) is 5.59. The molecule has 1 aliphatic rings. The molecule has 0 aliphatic heterocycles. The van der Waals surface area contributed by atoms with Crippen LogP contribution in [0.3, 0.4) is 0 Å². The van der Waals surface area contributed by atoms with E-state index < -0.39 is 0 Å². The number of hydrogen-bond acceptors (Lipinski definition) is 5. The molecule has 1 aliphatic carbocycles. The number of nitrogens with one attached hydrogen (secondary N) is 2. The summed E-state index contributed by atoms with van der Waals surface area (Å²) >= 11 is 1.20. The predicted octanol–water partition coefficient (Wildman–Crippen LogP) is 2.86. The standard InChI is InChI=1S/C22H22N4O3S/c1-13-6-9-18-17(10-13)21(29)26(2)22(25-18)30-12-19(27)23-16-5-3-4-14(11-16)20(28)24-15-7-8-15/h3-6,9-11,15H,7-8,12H2,1-2H3,(H,23,27)(H,24,28). The lowest BCUT2D eigenvalue weighted by atomic mass is 10.2. The van der Waals surface area contributed by atoms with Gasteiger partial charge in [-0.05, 0) is 50.1 Å². The van der Waals surface area contributed by atoms with Crippen molar-refractivity contribution in [2.45, 2.75) is 31.0 Å². The number of anilines is 1. The van der Waals surface area contributed by atoms with Crippen LogP contribution in [0.4, 0.5) is 5.69 Å². The Hall–Kier alpha value is -3.13. The van der Waals surface area contributed by atoms with Crippen molar-refractivity contribution < 1.29 is 9.59 Å². The number of hydrogen-bond donors (Lipinski definition) is 2. The highest BCUT2D eigenvalue weighted by Crippen LogP contribution is 2.21. The van der Waals surface area contributed by atoms with Crippen LogP contribution in [-0.4, -0.2) is 33.2 Å². The van der Waals surface area contributed by atoms with Crippen LogP contribution >= 0.6 is 11.8 Å². The third-order valence-electron chi connectivity index (χ3n) is 4.84. The van der Waals surface area contributed by atoms with Gasteiger partial charge in [0.25, 0.3) is 11.5 Å². The predicted molar refractivity (Wildman–Crippen MR) is 118 cm³/mol. The van der Waals surface area contributed by atoms with E-state index in [0.717, 1.165) is 18.4 Å². The monoisotopic (exact) mass is 422 g/mol. The van der Waals surface area contributed by atoms with E-state index in [0.29, 0.717) is 27.3 Å². The lowest BCUT2D eigenvalue weighted by Crippen LogP contribution is -2.25. The van der Waals surface area contributed by atoms with E-state index in [2.05, 4.69) is 15.6 Å². The highest BCUT2D eigenvalue weighted by atomic mass is 32.2. The average Bonchev–Trinajstić information content (AvgIpc) is 3.54. The highest BCUT2D eigenvalue weighted by Gasteiger charge is 2.23. The molecule has 3 aromatic rings. The molecule has 2 aromatic carbocycles. The summed E-state index contributed by atoms with van der Waals surface area (Å²) in [5.74, 6) is -0.276. The molecule has 8 heteroatoms. The van der Waals surface area contributed by atoms with Gasteiger partial charge < -0.3 is 10.6 Å². The number of nitrogens with zero attached hydrogens (tertiary/aromatic N) is 2. The van der Waals surface area contributed by atoms with E-state index in [1.54, 1.807) is 31.3 Å². The maximum atomic E-state index is 12.6. The number of aryl methyl sites for hydroxylation is 1. The lowest BCUT2D eigenvalue weighted by Gasteiger charge is -2.10. The molecule has 0 atom stereocenters. The molecular formula is C22H22N4O3S. The number of rotatable bonds is 6. The van der Waals surface area contributed by atoms with Crippen LogP contribution in [0.15, 0.2) is 52.4 Å². The van der Waals surface area contributed by atoms with Gasteiger partial charge in [-0.3, -0.25) is 19.0 Å². The SMILES string of the molecule is Cc1ccc2nc(SCC(=O)Nc3cccc(C(=O)NC4CC4)c3)n(C)c(=O)c2c1. The number of thioether (sulfide) groups is 1. The summed E-state index contributed by atoms with van der Waals surface area (Å²) in [6.45, 7) is 1.93. The van der Waals surface area contributed by atoms with Crippen molar-refractivity contribution in [3.8, 4) is 0 Å². The molecule has 1 saturated carbocycles. The molecule has 1 aromatic heterocycles. The van der Waals surface area contributed by atoms with Crippen LogP contribution in [-0.2, 0) is 11.8 Å². The van der Waals surface area contributed by atoms with Gasteiger partial charge >= 0.3 is 0 Å². The number of carbonyl (C=O) groups is 2. The zero-order valence-corrected chi connectivity index (χ0v) is 17.6. The largest absolute Gasteiger partial charge is 0.349 e. The third kappa shape index (κ3) is 4.54. The number of amides is 2. The first kappa shape index (κ1) is 20.2. The van der Waals surface area contributed by atoms with E-state index in [-0.39, 0.29) is 29.2 Å². The van der Waals surface area contributed by atoms with Crippen LogP contribution in [0.2, 0.25) is 0 Å². The van der Waals surface area contributed by atoms with Gasteiger partial charge in [-0.2, -0.15) is 0 Å². The molecule has 0 radical (unpaired) electrons. The quantitative estimate of drug-likeness (QED) is 0.471. The Morgan fingerprint density at radius 3 is 2.77 bits per heavy atom. The average molecular weight is 423 g/mol. The van der Waals surface area contributed by atoms with Gasteiger partial charge in [0, 0.05) is 24.3 Å². The van der Waals surface area contributed by atoms with Gasteiger partial charge in [-0.1, -0.05) is 29.5 Å². The van der Waals surface area contributed by atoms with E-state index in [9.17, 15) is 14.4 Å². The zero-order chi connectivity index (χ0) is 21.3. The Labute approximate surface area is 177 Å². The molecule has 0 spiro atoms. The first-order valence-corrected chi connectivity index (χ1v) is 10.7. The Bertz CT molecular complexity index is 1200. The third-order valence-corrected chi connectivity index (χ3v) is 5.87. The highest BCUT2D eigenvalue weighted by molar-refractivity contribution is 7.99. The number of benzene rings is 2. The molecule has 0 saturated heterocycles. The number of aromatic nitrogens is 2. The van der Waals surface area contributed by atoms with E-state index in [1.165, 1.54) is 16.3 Å².